The monoisotopic (exact) mass is 525 g/mol. The average Bonchev–Trinajstić information content (AvgIpc) is 3.62. The molecule has 2 aromatic rings. The number of hydrogen-bond acceptors (Lipinski definition) is 6. The number of ether oxygens (including phenoxy) is 2. The Kier molecular flexibility index (Phi) is 9.99. The predicted octanol–water partition coefficient (Wildman–Crippen LogP) is 3.95. The molecule has 0 aliphatic carbocycles. The van der Waals surface area contributed by atoms with Crippen molar-refractivity contribution in [2.75, 3.05) is 59.1 Å². The molecular weight excluding hydrogens is 482 g/mol. The van der Waals surface area contributed by atoms with Crippen molar-refractivity contribution in [2.45, 2.75) is 58.1 Å². The molecule has 2 aliphatic rings. The second-order valence-electron chi connectivity index (χ2n) is 11.4. The number of hydrogen-bond donors (Lipinski definition) is 0. The standard InChI is InChI=1S/C30H43N3O5/c1-30(2,3)25-11-9-24(10-12-25)29(35)32(14-6-13-31-15-19-36-20-16-31)23-28(34)33(21-26-7-4-17-37-26)22-27-8-5-18-38-27/h4,7,9-12,17,27H,5-6,8,13-16,18-23H2,1-3H3. The Morgan fingerprint density at radius 1 is 1.03 bits per heavy atom. The summed E-state index contributed by atoms with van der Waals surface area (Å²) in [5.74, 6) is 0.512. The van der Waals surface area contributed by atoms with Crippen LogP contribution >= 0.6 is 0 Å². The fraction of sp³-hybridized carbons (Fsp3) is 0.600. The normalized spacial score (nSPS) is 18.4. The molecule has 0 radical (unpaired) electrons. The third kappa shape index (κ3) is 8.16. The van der Waals surface area contributed by atoms with Crippen molar-refractivity contribution < 1.29 is 23.5 Å². The van der Waals surface area contributed by atoms with Gasteiger partial charge in [0.05, 0.1) is 32.1 Å². The van der Waals surface area contributed by atoms with Crippen molar-refractivity contribution in [2.24, 2.45) is 0 Å². The van der Waals surface area contributed by atoms with Crippen molar-refractivity contribution in [3.8, 4) is 0 Å². The second-order valence-corrected chi connectivity index (χ2v) is 11.4. The molecule has 2 aliphatic heterocycles. The maximum atomic E-state index is 13.7. The van der Waals surface area contributed by atoms with Crippen molar-refractivity contribution >= 4 is 11.8 Å². The van der Waals surface area contributed by atoms with Crippen molar-refractivity contribution in [1.29, 1.82) is 0 Å². The van der Waals surface area contributed by atoms with Gasteiger partial charge < -0.3 is 23.7 Å². The van der Waals surface area contributed by atoms with Crippen LogP contribution in [-0.4, -0.2) is 91.7 Å². The smallest absolute Gasteiger partial charge is 0.254 e. The third-order valence-corrected chi connectivity index (χ3v) is 7.34. The Morgan fingerprint density at radius 2 is 1.79 bits per heavy atom. The van der Waals surface area contributed by atoms with Gasteiger partial charge in [-0.05, 0) is 54.5 Å². The summed E-state index contributed by atoms with van der Waals surface area (Å²) in [5, 5.41) is 0. The van der Waals surface area contributed by atoms with Crippen LogP contribution in [0.25, 0.3) is 0 Å². The molecule has 0 N–H and O–H groups in total. The highest BCUT2D eigenvalue weighted by Gasteiger charge is 2.27. The molecule has 1 aromatic carbocycles. The summed E-state index contributed by atoms with van der Waals surface area (Å²) in [6.07, 6.45) is 4.37. The maximum absolute atomic E-state index is 13.7. The number of morpholine rings is 1. The molecule has 2 amide bonds. The van der Waals surface area contributed by atoms with Gasteiger partial charge in [0.1, 0.15) is 12.3 Å². The number of carbonyl (C=O) groups is 2. The van der Waals surface area contributed by atoms with E-state index in [1.807, 2.05) is 36.4 Å². The Morgan fingerprint density at radius 3 is 2.42 bits per heavy atom. The Labute approximate surface area is 226 Å². The molecule has 8 nitrogen and oxygen atoms in total. The molecule has 4 rings (SSSR count). The van der Waals surface area contributed by atoms with Gasteiger partial charge in [-0.25, -0.2) is 0 Å². The van der Waals surface area contributed by atoms with Crippen LogP contribution in [0.2, 0.25) is 0 Å². The van der Waals surface area contributed by atoms with Gasteiger partial charge in [0.15, 0.2) is 0 Å². The summed E-state index contributed by atoms with van der Waals surface area (Å²) in [7, 11) is 0. The van der Waals surface area contributed by atoms with E-state index in [4.69, 9.17) is 13.9 Å². The quantitative estimate of drug-likeness (QED) is 0.442. The molecule has 1 atom stereocenters. The van der Waals surface area contributed by atoms with E-state index in [1.165, 1.54) is 5.56 Å². The molecule has 0 spiro atoms. The molecule has 0 saturated carbocycles. The number of benzene rings is 1. The van der Waals surface area contributed by atoms with E-state index >= 15 is 0 Å². The topological polar surface area (TPSA) is 75.5 Å². The minimum absolute atomic E-state index is 0.00402. The van der Waals surface area contributed by atoms with E-state index in [2.05, 4.69) is 25.7 Å². The summed E-state index contributed by atoms with van der Waals surface area (Å²) < 4.78 is 16.8. The van der Waals surface area contributed by atoms with Gasteiger partial charge in [-0.3, -0.25) is 14.5 Å². The van der Waals surface area contributed by atoms with E-state index in [0.29, 0.717) is 25.2 Å². The number of rotatable bonds is 11. The van der Waals surface area contributed by atoms with E-state index in [-0.39, 0.29) is 29.9 Å². The van der Waals surface area contributed by atoms with Gasteiger partial charge in [-0.2, -0.15) is 0 Å². The van der Waals surface area contributed by atoms with Crippen LogP contribution in [0.5, 0.6) is 0 Å². The van der Waals surface area contributed by atoms with E-state index in [9.17, 15) is 9.59 Å². The molecule has 2 fully saturated rings. The zero-order valence-corrected chi connectivity index (χ0v) is 23.2. The SMILES string of the molecule is CC(C)(C)c1ccc(C(=O)N(CCCN2CCOCC2)CC(=O)N(Cc2ccco2)CC2CCCO2)cc1. The number of furan rings is 1. The second kappa shape index (κ2) is 13.4. The van der Waals surface area contributed by atoms with Crippen LogP contribution in [-0.2, 0) is 26.2 Å². The van der Waals surface area contributed by atoms with E-state index in [0.717, 1.165) is 64.5 Å². The van der Waals surface area contributed by atoms with Gasteiger partial charge in [-0.15, -0.1) is 0 Å². The Hall–Kier alpha value is -2.68. The largest absolute Gasteiger partial charge is 0.467 e. The van der Waals surface area contributed by atoms with E-state index < -0.39 is 0 Å². The van der Waals surface area contributed by atoms with E-state index in [1.54, 1.807) is 16.1 Å². The van der Waals surface area contributed by atoms with Crippen LogP contribution in [0.4, 0.5) is 0 Å². The van der Waals surface area contributed by atoms with Crippen LogP contribution in [0, 0.1) is 0 Å². The van der Waals surface area contributed by atoms with Crippen molar-refractivity contribution in [3.05, 3.63) is 59.5 Å². The Bertz CT molecular complexity index is 1000. The molecule has 0 bridgehead atoms. The van der Waals surface area contributed by atoms with Crippen LogP contribution in [0.15, 0.2) is 47.1 Å². The fourth-order valence-corrected chi connectivity index (χ4v) is 5.00. The highest BCUT2D eigenvalue weighted by Crippen LogP contribution is 2.23. The van der Waals surface area contributed by atoms with Gasteiger partial charge in [0.25, 0.3) is 5.91 Å². The van der Waals surface area contributed by atoms with Crippen LogP contribution in [0.3, 0.4) is 0 Å². The summed E-state index contributed by atoms with van der Waals surface area (Å²) in [6, 6.07) is 11.5. The van der Waals surface area contributed by atoms with Crippen molar-refractivity contribution in [1.82, 2.24) is 14.7 Å². The molecule has 8 heteroatoms. The van der Waals surface area contributed by atoms with Gasteiger partial charge in [0, 0.05) is 44.9 Å². The first-order valence-electron chi connectivity index (χ1n) is 13.9. The molecule has 3 heterocycles. The maximum Gasteiger partial charge on any atom is 0.254 e. The molecule has 2 saturated heterocycles. The summed E-state index contributed by atoms with van der Waals surface area (Å²) >= 11 is 0. The summed E-state index contributed by atoms with van der Waals surface area (Å²) in [4.78, 5) is 33.2. The summed E-state index contributed by atoms with van der Waals surface area (Å²) in [6.45, 7) is 12.7. The molecular formula is C30H43N3O5. The first-order valence-corrected chi connectivity index (χ1v) is 13.9. The lowest BCUT2D eigenvalue weighted by Gasteiger charge is -2.30. The van der Waals surface area contributed by atoms with Crippen LogP contribution in [0.1, 0.15) is 61.7 Å². The van der Waals surface area contributed by atoms with Gasteiger partial charge in [0.2, 0.25) is 5.91 Å². The molecule has 1 aromatic heterocycles. The minimum Gasteiger partial charge on any atom is -0.467 e. The van der Waals surface area contributed by atoms with Crippen molar-refractivity contribution in [3.63, 3.8) is 0 Å². The third-order valence-electron chi connectivity index (χ3n) is 7.34. The number of carbonyl (C=O) groups excluding carboxylic acids is 2. The zero-order valence-electron chi connectivity index (χ0n) is 23.2. The molecule has 1 unspecified atom stereocenters. The number of nitrogens with zero attached hydrogens (tertiary/aromatic N) is 3. The lowest BCUT2D eigenvalue weighted by Crippen LogP contribution is -2.46. The molecule has 38 heavy (non-hydrogen) atoms. The van der Waals surface area contributed by atoms with Gasteiger partial charge >= 0.3 is 0 Å². The fourth-order valence-electron chi connectivity index (χ4n) is 5.00. The predicted molar refractivity (Wildman–Crippen MR) is 146 cm³/mol. The lowest BCUT2D eigenvalue weighted by molar-refractivity contribution is -0.134. The first kappa shape index (κ1) is 28.3. The van der Waals surface area contributed by atoms with Crippen LogP contribution < -0.4 is 0 Å². The average molecular weight is 526 g/mol. The highest BCUT2D eigenvalue weighted by atomic mass is 16.5. The molecule has 208 valence electrons. The Balaban J connectivity index is 1.47. The lowest BCUT2D eigenvalue weighted by atomic mass is 9.86. The highest BCUT2D eigenvalue weighted by molar-refractivity contribution is 5.96. The minimum atomic E-state index is -0.115. The summed E-state index contributed by atoms with van der Waals surface area (Å²) in [5.41, 5.74) is 1.78. The number of amides is 2. The first-order chi connectivity index (χ1) is 18.3. The van der Waals surface area contributed by atoms with Gasteiger partial charge in [-0.1, -0.05) is 32.9 Å². The zero-order chi connectivity index (χ0) is 27.0.